The van der Waals surface area contributed by atoms with Crippen LogP contribution in [0.15, 0.2) is 115 Å². The lowest BCUT2D eigenvalue weighted by molar-refractivity contribution is -0.276. The molecular weight excluding hydrogens is 775 g/mol. The number of rotatable bonds is 13. The molecular formula is C49H51N3O9. The molecule has 1 unspecified atom stereocenters. The molecule has 3 heterocycles. The number of hydrogen-bond donors (Lipinski definition) is 2. The van der Waals surface area contributed by atoms with Gasteiger partial charge < -0.3 is 34.1 Å². The third-order valence-corrected chi connectivity index (χ3v) is 11.9. The smallest absolute Gasteiger partial charge is 0.408 e. The number of alkyl carbamates (subject to hydrolysis) is 1. The van der Waals surface area contributed by atoms with Crippen LogP contribution in [-0.2, 0) is 56.5 Å². The molecule has 12 nitrogen and oxygen atoms in total. The van der Waals surface area contributed by atoms with E-state index in [9.17, 15) is 19.5 Å². The van der Waals surface area contributed by atoms with E-state index in [1.807, 2.05) is 103 Å². The fraction of sp³-hybridized carbons (Fsp3) is 0.327. The zero-order chi connectivity index (χ0) is 42.5. The van der Waals surface area contributed by atoms with Crippen LogP contribution in [0.3, 0.4) is 0 Å². The number of benzene rings is 5. The van der Waals surface area contributed by atoms with Gasteiger partial charge in [0.05, 0.1) is 46.0 Å². The first kappa shape index (κ1) is 41.7. The Labute approximate surface area is 355 Å². The Morgan fingerprint density at radius 3 is 2.23 bits per heavy atom. The van der Waals surface area contributed by atoms with Gasteiger partial charge in [-0.1, -0.05) is 110 Å². The monoisotopic (exact) mass is 825 g/mol. The molecule has 316 valence electrons. The number of amides is 3. The molecule has 0 aromatic heterocycles. The number of aliphatic hydroxyl groups excluding tert-OH is 1. The maximum atomic E-state index is 13.4. The van der Waals surface area contributed by atoms with E-state index < -0.39 is 24.3 Å². The lowest BCUT2D eigenvalue weighted by Gasteiger charge is -2.43. The first-order chi connectivity index (χ1) is 29.7. The molecule has 0 aliphatic carbocycles. The summed E-state index contributed by atoms with van der Waals surface area (Å²) >= 11 is 0. The van der Waals surface area contributed by atoms with Crippen LogP contribution >= 0.6 is 0 Å². The molecule has 5 aromatic rings. The van der Waals surface area contributed by atoms with Crippen molar-refractivity contribution in [3.63, 3.8) is 0 Å². The molecule has 8 rings (SSSR count). The molecule has 0 bridgehead atoms. The minimum atomic E-state index is -1.00. The molecule has 0 spiro atoms. The summed E-state index contributed by atoms with van der Waals surface area (Å²) in [4.78, 5) is 42.7. The van der Waals surface area contributed by atoms with Gasteiger partial charge in [0, 0.05) is 31.1 Å². The van der Waals surface area contributed by atoms with Gasteiger partial charge in [0.1, 0.15) is 12.6 Å². The number of methoxy groups -OCH3 is 2. The fourth-order valence-corrected chi connectivity index (χ4v) is 8.48. The summed E-state index contributed by atoms with van der Waals surface area (Å²) < 4.78 is 30.1. The Hall–Kier alpha value is -6.05. The number of carbonyl (C=O) groups excluding carboxylic acids is 3. The van der Waals surface area contributed by atoms with Crippen molar-refractivity contribution in [2.24, 2.45) is 5.92 Å². The van der Waals surface area contributed by atoms with E-state index in [4.69, 9.17) is 23.7 Å². The maximum Gasteiger partial charge on any atom is 0.408 e. The largest absolute Gasteiger partial charge is 0.493 e. The summed E-state index contributed by atoms with van der Waals surface area (Å²) in [6.07, 6.45) is -1.10. The van der Waals surface area contributed by atoms with E-state index in [0.717, 1.165) is 64.2 Å². The number of hydrogen-bond acceptors (Lipinski definition) is 10. The summed E-state index contributed by atoms with van der Waals surface area (Å²) in [6.45, 7) is 4.57. The molecule has 2 saturated heterocycles. The molecule has 2 fully saturated rings. The lowest BCUT2D eigenvalue weighted by Crippen LogP contribution is -2.45. The molecule has 5 atom stereocenters. The Bertz CT molecular complexity index is 2340. The Balaban J connectivity index is 0.972. The van der Waals surface area contributed by atoms with Crippen LogP contribution in [0.4, 0.5) is 4.79 Å². The van der Waals surface area contributed by atoms with Gasteiger partial charge in [0.15, 0.2) is 17.8 Å². The van der Waals surface area contributed by atoms with Crippen LogP contribution in [0.25, 0.3) is 11.1 Å². The van der Waals surface area contributed by atoms with Crippen molar-refractivity contribution < 1.29 is 43.2 Å². The van der Waals surface area contributed by atoms with E-state index in [2.05, 4.69) is 29.3 Å². The highest BCUT2D eigenvalue weighted by molar-refractivity contribution is 6.06. The van der Waals surface area contributed by atoms with E-state index in [1.165, 1.54) is 16.0 Å². The molecule has 3 aliphatic heterocycles. The highest BCUT2D eigenvalue weighted by Gasteiger charge is 2.41. The first-order valence-electron chi connectivity index (χ1n) is 20.7. The highest BCUT2D eigenvalue weighted by Crippen LogP contribution is 2.43. The van der Waals surface area contributed by atoms with Crippen molar-refractivity contribution in [1.82, 2.24) is 15.1 Å². The van der Waals surface area contributed by atoms with Gasteiger partial charge in [-0.3, -0.25) is 19.4 Å². The van der Waals surface area contributed by atoms with Crippen LogP contribution in [0, 0.1) is 5.92 Å². The molecule has 3 aliphatic rings. The van der Waals surface area contributed by atoms with Gasteiger partial charge in [0.25, 0.3) is 5.91 Å². The molecule has 2 N–H and O–H groups in total. The zero-order valence-electron chi connectivity index (χ0n) is 34.6. The van der Waals surface area contributed by atoms with Crippen LogP contribution in [-0.4, -0.2) is 72.3 Å². The average molecular weight is 826 g/mol. The van der Waals surface area contributed by atoms with E-state index in [-0.39, 0.29) is 50.2 Å². The Morgan fingerprint density at radius 2 is 1.51 bits per heavy atom. The summed E-state index contributed by atoms with van der Waals surface area (Å²) in [5, 5.41) is 12.3. The lowest BCUT2D eigenvalue weighted by atomic mass is 9.89. The van der Waals surface area contributed by atoms with Gasteiger partial charge in [-0.2, -0.15) is 0 Å². The second-order valence-corrected chi connectivity index (χ2v) is 15.8. The molecule has 0 saturated carbocycles. The molecule has 12 heteroatoms. The third-order valence-electron chi connectivity index (χ3n) is 11.9. The molecule has 0 radical (unpaired) electrons. The van der Waals surface area contributed by atoms with Crippen LogP contribution in [0.5, 0.6) is 11.5 Å². The Kier molecular flexibility index (Phi) is 12.8. The van der Waals surface area contributed by atoms with E-state index in [0.29, 0.717) is 12.3 Å². The number of aliphatic hydroxyl groups is 1. The zero-order valence-corrected chi connectivity index (χ0v) is 34.6. The number of ether oxygens (including phenoxy) is 5. The quantitative estimate of drug-likeness (QED) is 0.117. The number of imide groups is 1. The molecule has 61 heavy (non-hydrogen) atoms. The number of nitrogens with zero attached hydrogens (tertiary/aromatic N) is 2. The van der Waals surface area contributed by atoms with E-state index in [1.54, 1.807) is 14.2 Å². The van der Waals surface area contributed by atoms with Crippen molar-refractivity contribution >= 4 is 17.9 Å². The number of fused-ring (bicyclic) bond motifs is 1. The predicted molar refractivity (Wildman–Crippen MR) is 227 cm³/mol. The van der Waals surface area contributed by atoms with Crippen molar-refractivity contribution in [3.8, 4) is 22.6 Å². The highest BCUT2D eigenvalue weighted by atomic mass is 16.7. The molecule has 3 amide bonds. The SMILES string of the molecule is COc1cc2c(cc1OC)CN(C[C@H]1O[C@@H](c3ccc(-c4ccccc4CN4C(=O)CC(NC(=O)OCc5ccccc5)C4=O)cc3)O[C@@H](c3ccc(CO)cc3)[C@H]1C)CC2. The predicted octanol–water partition coefficient (Wildman–Crippen LogP) is 7.27. The van der Waals surface area contributed by atoms with E-state index >= 15 is 0 Å². The van der Waals surface area contributed by atoms with Gasteiger partial charge in [-0.05, 0) is 63.1 Å². The summed E-state index contributed by atoms with van der Waals surface area (Å²) in [5.74, 6) is 0.626. The summed E-state index contributed by atoms with van der Waals surface area (Å²) in [7, 11) is 3.32. The normalized spacial score (nSPS) is 21.5. The number of nitrogens with one attached hydrogen (secondary N) is 1. The number of carbonyl (C=O) groups is 3. The standard InChI is InChI=1S/C49H51N3O9/c1-31-44(28-51-22-21-37-23-42(57-2)43(58-3)24-39(37)26-51)60-48(61-46(31)35-15-13-32(29-53)14-16-35)36-19-17-34(18-20-36)40-12-8-7-11-38(40)27-52-45(54)25-41(47(52)55)50-49(56)59-30-33-9-5-4-6-10-33/h4-20,23-24,31,41,44,46,48,53H,21-22,25-30H2,1-3H3,(H,50,56)/t31-,41?,44+,46+,48+/m0/s1. The van der Waals surface area contributed by atoms with Gasteiger partial charge in [-0.15, -0.1) is 0 Å². The minimum Gasteiger partial charge on any atom is -0.493 e. The number of likely N-dealkylation sites (tertiary alicyclic amines) is 1. The van der Waals surface area contributed by atoms with Crippen molar-refractivity contribution in [2.75, 3.05) is 27.3 Å². The summed E-state index contributed by atoms with van der Waals surface area (Å²) in [5.41, 5.74) is 8.54. The fourth-order valence-electron chi connectivity index (χ4n) is 8.48. The third kappa shape index (κ3) is 9.33. The second kappa shape index (κ2) is 18.7. The van der Waals surface area contributed by atoms with Crippen molar-refractivity contribution in [2.45, 2.75) is 70.6 Å². The van der Waals surface area contributed by atoms with Crippen LogP contribution < -0.4 is 14.8 Å². The summed E-state index contributed by atoms with van der Waals surface area (Å²) in [6, 6.07) is 36.0. The minimum absolute atomic E-state index is 0.0138. The average Bonchev–Trinajstić information content (AvgIpc) is 3.56. The molecule has 5 aromatic carbocycles. The van der Waals surface area contributed by atoms with Crippen LogP contribution in [0.1, 0.15) is 64.7 Å². The van der Waals surface area contributed by atoms with Gasteiger partial charge in [0.2, 0.25) is 5.91 Å². The maximum absolute atomic E-state index is 13.4. The topological polar surface area (TPSA) is 136 Å². The van der Waals surface area contributed by atoms with Gasteiger partial charge >= 0.3 is 6.09 Å². The van der Waals surface area contributed by atoms with Crippen LogP contribution in [0.2, 0.25) is 0 Å². The van der Waals surface area contributed by atoms with Crippen molar-refractivity contribution in [1.29, 1.82) is 0 Å². The van der Waals surface area contributed by atoms with Gasteiger partial charge in [-0.25, -0.2) is 4.79 Å². The first-order valence-corrected chi connectivity index (χ1v) is 20.7. The second-order valence-electron chi connectivity index (χ2n) is 15.8. The Morgan fingerprint density at radius 1 is 0.820 bits per heavy atom. The van der Waals surface area contributed by atoms with Crippen molar-refractivity contribution in [3.05, 3.63) is 154 Å².